The van der Waals surface area contributed by atoms with Gasteiger partial charge < -0.3 is 19.3 Å². The fourth-order valence-corrected chi connectivity index (χ4v) is 3.08. The molecular formula is C24H21N3O4. The van der Waals surface area contributed by atoms with Gasteiger partial charge in [-0.25, -0.2) is 0 Å². The minimum absolute atomic E-state index is 0.174. The summed E-state index contributed by atoms with van der Waals surface area (Å²) in [5, 5.41) is 6.88. The molecule has 7 nitrogen and oxygen atoms in total. The van der Waals surface area contributed by atoms with Gasteiger partial charge in [-0.2, -0.15) is 4.98 Å². The number of anilines is 1. The largest absolute Gasteiger partial charge is 0.497 e. The maximum atomic E-state index is 12.3. The van der Waals surface area contributed by atoms with Crippen molar-refractivity contribution in [1.82, 2.24) is 10.1 Å². The minimum atomic E-state index is -0.297. The van der Waals surface area contributed by atoms with Crippen LogP contribution >= 0.6 is 0 Å². The highest BCUT2D eigenvalue weighted by atomic mass is 16.5. The molecule has 1 aromatic heterocycles. The normalized spacial score (nSPS) is 10.5. The molecule has 1 amide bonds. The molecule has 4 rings (SSSR count). The van der Waals surface area contributed by atoms with Crippen LogP contribution < -0.4 is 14.8 Å². The molecule has 7 heteroatoms. The Balaban J connectivity index is 1.48. The van der Waals surface area contributed by atoms with Gasteiger partial charge in [0.1, 0.15) is 11.5 Å². The number of benzene rings is 3. The third-order valence-corrected chi connectivity index (χ3v) is 4.64. The molecule has 0 saturated heterocycles. The first-order chi connectivity index (χ1) is 15.1. The van der Waals surface area contributed by atoms with Crippen molar-refractivity contribution in [3.8, 4) is 34.3 Å². The first-order valence-corrected chi connectivity index (χ1v) is 9.70. The predicted molar refractivity (Wildman–Crippen MR) is 117 cm³/mol. The Morgan fingerprint density at radius 1 is 1.00 bits per heavy atom. The van der Waals surface area contributed by atoms with E-state index in [9.17, 15) is 4.79 Å². The molecule has 156 valence electrons. The van der Waals surface area contributed by atoms with Crippen molar-refractivity contribution < 1.29 is 18.8 Å². The summed E-state index contributed by atoms with van der Waals surface area (Å²) in [5.74, 6) is 1.66. The number of rotatable bonds is 7. The van der Waals surface area contributed by atoms with Crippen LogP contribution in [0.15, 0.2) is 77.3 Å². The number of hydrogen-bond acceptors (Lipinski definition) is 6. The lowest BCUT2D eigenvalue weighted by Crippen LogP contribution is -2.20. The fourth-order valence-electron chi connectivity index (χ4n) is 3.08. The first-order valence-electron chi connectivity index (χ1n) is 9.70. The molecule has 0 aliphatic carbocycles. The number of amides is 1. The van der Waals surface area contributed by atoms with E-state index in [1.54, 1.807) is 37.4 Å². The van der Waals surface area contributed by atoms with Gasteiger partial charge in [0, 0.05) is 17.3 Å². The van der Waals surface area contributed by atoms with Crippen LogP contribution in [0.4, 0.5) is 5.69 Å². The van der Waals surface area contributed by atoms with Crippen LogP contribution in [0.2, 0.25) is 0 Å². The van der Waals surface area contributed by atoms with E-state index >= 15 is 0 Å². The number of para-hydroxylation sites is 1. The van der Waals surface area contributed by atoms with Crippen molar-refractivity contribution in [2.45, 2.75) is 6.92 Å². The summed E-state index contributed by atoms with van der Waals surface area (Å²) >= 11 is 0. The van der Waals surface area contributed by atoms with Crippen molar-refractivity contribution in [2.24, 2.45) is 0 Å². The molecule has 1 N–H and O–H groups in total. The lowest BCUT2D eigenvalue weighted by Gasteiger charge is -2.10. The summed E-state index contributed by atoms with van der Waals surface area (Å²) in [6.45, 7) is 1.82. The van der Waals surface area contributed by atoms with E-state index < -0.39 is 0 Å². The van der Waals surface area contributed by atoms with Crippen molar-refractivity contribution >= 4 is 11.6 Å². The molecule has 0 saturated carbocycles. The summed E-state index contributed by atoms with van der Waals surface area (Å²) in [7, 11) is 1.57. The lowest BCUT2D eigenvalue weighted by molar-refractivity contribution is -0.118. The molecule has 3 aromatic carbocycles. The van der Waals surface area contributed by atoms with E-state index in [2.05, 4.69) is 15.5 Å². The summed E-state index contributed by atoms with van der Waals surface area (Å²) in [4.78, 5) is 16.8. The highest BCUT2D eigenvalue weighted by Gasteiger charge is 2.16. The van der Waals surface area contributed by atoms with E-state index in [1.807, 2.05) is 49.4 Å². The molecule has 0 aliphatic heterocycles. The highest BCUT2D eigenvalue weighted by Crippen LogP contribution is 2.30. The number of aryl methyl sites for hydroxylation is 1. The second-order valence-corrected chi connectivity index (χ2v) is 6.80. The lowest BCUT2D eigenvalue weighted by atomic mass is 10.1. The standard InChI is InChI=1S/C24H21N3O4/c1-16-8-3-4-11-19(16)23-26-24(31-27-23)20-12-5-6-13-21(20)30-15-22(28)25-17-9-7-10-18(14-17)29-2/h3-14H,15H2,1-2H3,(H,25,28). The van der Waals surface area contributed by atoms with E-state index in [0.717, 1.165) is 11.1 Å². The van der Waals surface area contributed by atoms with Gasteiger partial charge in [-0.3, -0.25) is 4.79 Å². The van der Waals surface area contributed by atoms with Crippen LogP contribution in [-0.2, 0) is 4.79 Å². The highest BCUT2D eigenvalue weighted by molar-refractivity contribution is 5.92. The molecule has 0 aliphatic rings. The average molecular weight is 415 g/mol. The Labute approximate surface area is 179 Å². The number of nitrogens with one attached hydrogen (secondary N) is 1. The number of carbonyl (C=O) groups excluding carboxylic acids is 1. The zero-order valence-corrected chi connectivity index (χ0v) is 17.2. The molecular weight excluding hydrogens is 394 g/mol. The summed E-state index contributed by atoms with van der Waals surface area (Å²) < 4.78 is 16.4. The Bertz CT molecular complexity index is 1200. The van der Waals surface area contributed by atoms with Gasteiger partial charge in [0.25, 0.3) is 11.8 Å². The monoisotopic (exact) mass is 415 g/mol. The van der Waals surface area contributed by atoms with Gasteiger partial charge in [0.15, 0.2) is 6.61 Å². The Kier molecular flexibility index (Phi) is 5.93. The van der Waals surface area contributed by atoms with Crippen molar-refractivity contribution in [2.75, 3.05) is 19.0 Å². The number of aromatic nitrogens is 2. The van der Waals surface area contributed by atoms with E-state index in [0.29, 0.717) is 34.5 Å². The second kappa shape index (κ2) is 9.13. The van der Waals surface area contributed by atoms with Crippen LogP contribution in [-0.4, -0.2) is 29.8 Å². The smallest absolute Gasteiger partial charge is 0.262 e. The van der Waals surface area contributed by atoms with Crippen LogP contribution in [0.1, 0.15) is 5.56 Å². The molecule has 0 unspecified atom stereocenters. The number of nitrogens with zero attached hydrogens (tertiary/aromatic N) is 2. The zero-order valence-electron chi connectivity index (χ0n) is 17.2. The van der Waals surface area contributed by atoms with Crippen LogP contribution in [0.25, 0.3) is 22.8 Å². The third kappa shape index (κ3) is 4.72. The average Bonchev–Trinajstić information content (AvgIpc) is 3.28. The molecule has 4 aromatic rings. The fraction of sp³-hybridized carbons (Fsp3) is 0.125. The van der Waals surface area contributed by atoms with Crippen LogP contribution in [0.5, 0.6) is 11.5 Å². The number of ether oxygens (including phenoxy) is 2. The maximum Gasteiger partial charge on any atom is 0.262 e. The van der Waals surface area contributed by atoms with Gasteiger partial charge in [0.05, 0.1) is 12.7 Å². The molecule has 0 bridgehead atoms. The Hall–Kier alpha value is -4.13. The van der Waals surface area contributed by atoms with Crippen molar-refractivity contribution in [3.05, 3.63) is 78.4 Å². The number of hydrogen-bond donors (Lipinski definition) is 1. The maximum absolute atomic E-state index is 12.3. The molecule has 0 radical (unpaired) electrons. The van der Waals surface area contributed by atoms with Crippen molar-refractivity contribution in [3.63, 3.8) is 0 Å². The van der Waals surface area contributed by atoms with Gasteiger partial charge in [-0.1, -0.05) is 47.6 Å². The third-order valence-electron chi connectivity index (χ3n) is 4.64. The van der Waals surface area contributed by atoms with E-state index in [1.165, 1.54) is 0 Å². The van der Waals surface area contributed by atoms with Crippen LogP contribution in [0.3, 0.4) is 0 Å². The Morgan fingerprint density at radius 3 is 2.58 bits per heavy atom. The molecule has 1 heterocycles. The Morgan fingerprint density at radius 2 is 1.77 bits per heavy atom. The first kappa shape index (κ1) is 20.2. The number of methoxy groups -OCH3 is 1. The summed E-state index contributed by atoms with van der Waals surface area (Å²) in [6, 6.07) is 22.2. The molecule has 0 spiro atoms. The van der Waals surface area contributed by atoms with E-state index in [-0.39, 0.29) is 12.5 Å². The molecule has 0 fully saturated rings. The summed E-state index contributed by atoms with van der Waals surface area (Å²) in [6.07, 6.45) is 0. The molecule has 0 atom stereocenters. The van der Waals surface area contributed by atoms with Gasteiger partial charge in [-0.15, -0.1) is 0 Å². The molecule has 31 heavy (non-hydrogen) atoms. The van der Waals surface area contributed by atoms with Gasteiger partial charge in [-0.05, 0) is 36.8 Å². The van der Waals surface area contributed by atoms with Gasteiger partial charge >= 0.3 is 0 Å². The predicted octanol–water partition coefficient (Wildman–Crippen LogP) is 4.74. The van der Waals surface area contributed by atoms with E-state index in [4.69, 9.17) is 14.0 Å². The van der Waals surface area contributed by atoms with Crippen molar-refractivity contribution in [1.29, 1.82) is 0 Å². The topological polar surface area (TPSA) is 86.5 Å². The minimum Gasteiger partial charge on any atom is -0.497 e. The quantitative estimate of drug-likeness (QED) is 0.469. The second-order valence-electron chi connectivity index (χ2n) is 6.80. The zero-order chi connectivity index (χ0) is 21.6. The van der Waals surface area contributed by atoms with Crippen LogP contribution in [0, 0.1) is 6.92 Å². The SMILES string of the molecule is COc1cccc(NC(=O)COc2ccccc2-c2nc(-c3ccccc3C)no2)c1. The number of carbonyl (C=O) groups is 1. The van der Waals surface area contributed by atoms with Gasteiger partial charge in [0.2, 0.25) is 5.82 Å². The summed E-state index contributed by atoms with van der Waals surface area (Å²) in [5.41, 5.74) is 3.19.